The minimum absolute atomic E-state index is 0.0695. The van der Waals surface area contributed by atoms with Crippen LogP contribution >= 0.6 is 0 Å². The molecular weight excluding hydrogens is 381 g/mol. The smallest absolute Gasteiger partial charge is 0.273 e. The van der Waals surface area contributed by atoms with Gasteiger partial charge in [0.2, 0.25) is 0 Å². The van der Waals surface area contributed by atoms with Gasteiger partial charge in [-0.25, -0.2) is 4.39 Å². The third-order valence-corrected chi connectivity index (χ3v) is 5.65. The van der Waals surface area contributed by atoms with E-state index >= 15 is 0 Å². The van der Waals surface area contributed by atoms with Crippen molar-refractivity contribution in [2.75, 3.05) is 20.3 Å². The molecule has 6 heteroatoms. The van der Waals surface area contributed by atoms with E-state index in [1.165, 1.54) is 17.7 Å². The van der Waals surface area contributed by atoms with Crippen LogP contribution in [0.15, 0.2) is 48.5 Å². The molecule has 4 rings (SSSR count). The zero-order chi connectivity index (χ0) is 21.3. The Kier molecular flexibility index (Phi) is 5.68. The Morgan fingerprint density at radius 1 is 1.13 bits per heavy atom. The highest BCUT2D eigenvalue weighted by molar-refractivity contribution is 6.00. The van der Waals surface area contributed by atoms with Gasteiger partial charge >= 0.3 is 0 Å². The van der Waals surface area contributed by atoms with Crippen LogP contribution in [0.2, 0.25) is 0 Å². The first-order chi connectivity index (χ1) is 14.5. The molecule has 1 aliphatic heterocycles. The number of halogens is 1. The molecule has 0 saturated carbocycles. The predicted octanol–water partition coefficient (Wildman–Crippen LogP) is 4.92. The molecule has 2 heterocycles. The van der Waals surface area contributed by atoms with Crippen molar-refractivity contribution >= 4 is 5.91 Å². The molecule has 156 valence electrons. The normalized spacial score (nSPS) is 15.8. The van der Waals surface area contributed by atoms with Crippen molar-refractivity contribution in [1.29, 1.82) is 0 Å². The van der Waals surface area contributed by atoms with E-state index in [1.807, 2.05) is 4.90 Å². The molecule has 1 atom stereocenters. The summed E-state index contributed by atoms with van der Waals surface area (Å²) in [4.78, 5) is 15.1. The monoisotopic (exact) mass is 407 g/mol. The van der Waals surface area contributed by atoms with Gasteiger partial charge in [0.1, 0.15) is 11.5 Å². The standard InChI is InChI=1S/C24H26FN3O2/c1-15(2)16-5-7-18(8-6-16)23-20-21(17-9-11-19(25)12-10-17)26-27-22(20)24(29)28(23)13-4-14-30-3/h5-12,15,23H,4,13-14H2,1-3H3,(H,26,27). The van der Waals surface area contributed by atoms with Crippen molar-refractivity contribution < 1.29 is 13.9 Å². The van der Waals surface area contributed by atoms with Crippen LogP contribution in [0.4, 0.5) is 4.39 Å². The average Bonchev–Trinajstić information content (AvgIpc) is 3.28. The summed E-state index contributed by atoms with van der Waals surface area (Å²) in [5.74, 6) is 0.0604. The summed E-state index contributed by atoms with van der Waals surface area (Å²) in [7, 11) is 1.66. The van der Waals surface area contributed by atoms with E-state index in [0.717, 1.165) is 23.1 Å². The second-order valence-corrected chi connectivity index (χ2v) is 7.94. The number of nitrogens with zero attached hydrogens (tertiary/aromatic N) is 2. The number of H-pyrrole nitrogens is 1. The zero-order valence-electron chi connectivity index (χ0n) is 17.5. The molecule has 30 heavy (non-hydrogen) atoms. The zero-order valence-corrected chi connectivity index (χ0v) is 17.5. The molecule has 1 N–H and O–H groups in total. The molecule has 0 radical (unpaired) electrons. The average molecular weight is 407 g/mol. The first-order valence-electron chi connectivity index (χ1n) is 10.2. The van der Waals surface area contributed by atoms with Crippen LogP contribution in [0.3, 0.4) is 0 Å². The number of carbonyl (C=O) groups is 1. The molecule has 0 spiro atoms. The summed E-state index contributed by atoms with van der Waals surface area (Å²) in [5.41, 5.74) is 5.11. The number of hydrogen-bond acceptors (Lipinski definition) is 3. The van der Waals surface area contributed by atoms with Gasteiger partial charge in [0.15, 0.2) is 0 Å². The molecule has 0 saturated heterocycles. The van der Waals surface area contributed by atoms with Gasteiger partial charge in [0.05, 0.1) is 11.7 Å². The van der Waals surface area contributed by atoms with Crippen LogP contribution in [-0.4, -0.2) is 41.3 Å². The van der Waals surface area contributed by atoms with Gasteiger partial charge in [0, 0.05) is 31.4 Å². The summed E-state index contributed by atoms with van der Waals surface area (Å²) in [6, 6.07) is 14.4. The molecule has 1 aromatic heterocycles. The van der Waals surface area contributed by atoms with Crippen molar-refractivity contribution in [3.8, 4) is 11.3 Å². The van der Waals surface area contributed by atoms with Crippen molar-refractivity contribution in [2.45, 2.75) is 32.2 Å². The molecule has 2 aromatic carbocycles. The molecule has 0 fully saturated rings. The minimum atomic E-state index is -0.302. The largest absolute Gasteiger partial charge is 0.385 e. The molecule has 3 aromatic rings. The highest BCUT2D eigenvalue weighted by Gasteiger charge is 2.41. The van der Waals surface area contributed by atoms with Crippen molar-refractivity contribution in [1.82, 2.24) is 15.1 Å². The van der Waals surface area contributed by atoms with Crippen molar-refractivity contribution in [3.05, 3.63) is 76.7 Å². The number of methoxy groups -OCH3 is 1. The molecule has 1 aliphatic rings. The Balaban J connectivity index is 1.79. The van der Waals surface area contributed by atoms with E-state index in [0.29, 0.717) is 30.5 Å². The predicted molar refractivity (Wildman–Crippen MR) is 114 cm³/mol. The fraction of sp³-hybridized carbons (Fsp3) is 0.333. The Bertz CT molecular complexity index is 1030. The van der Waals surface area contributed by atoms with Gasteiger partial charge in [-0.3, -0.25) is 9.89 Å². The van der Waals surface area contributed by atoms with Gasteiger partial charge in [-0.2, -0.15) is 5.10 Å². The first-order valence-corrected chi connectivity index (χ1v) is 10.2. The van der Waals surface area contributed by atoms with Crippen LogP contribution in [-0.2, 0) is 4.74 Å². The van der Waals surface area contributed by atoms with Crippen LogP contribution in [0, 0.1) is 5.82 Å². The summed E-state index contributed by atoms with van der Waals surface area (Å²) < 4.78 is 18.6. The molecule has 1 unspecified atom stereocenters. The second-order valence-electron chi connectivity index (χ2n) is 7.94. The number of carbonyl (C=O) groups excluding carboxylic acids is 1. The van der Waals surface area contributed by atoms with Crippen LogP contribution in [0.25, 0.3) is 11.3 Å². The Labute approximate surface area is 175 Å². The van der Waals surface area contributed by atoms with Crippen LogP contribution < -0.4 is 0 Å². The van der Waals surface area contributed by atoms with Gasteiger partial charge in [0.25, 0.3) is 5.91 Å². The molecule has 0 aliphatic carbocycles. The highest BCUT2D eigenvalue weighted by atomic mass is 19.1. The second kappa shape index (κ2) is 8.40. The van der Waals surface area contributed by atoms with E-state index < -0.39 is 0 Å². The lowest BCUT2D eigenvalue weighted by molar-refractivity contribution is 0.0723. The van der Waals surface area contributed by atoms with E-state index in [2.05, 4.69) is 48.3 Å². The molecular formula is C24H26FN3O2. The minimum Gasteiger partial charge on any atom is -0.385 e. The molecule has 5 nitrogen and oxygen atoms in total. The number of rotatable bonds is 7. The van der Waals surface area contributed by atoms with Crippen molar-refractivity contribution in [2.24, 2.45) is 0 Å². The molecule has 0 bridgehead atoms. The quantitative estimate of drug-likeness (QED) is 0.566. The number of amides is 1. The van der Waals surface area contributed by atoms with E-state index in [4.69, 9.17) is 4.74 Å². The fourth-order valence-corrected chi connectivity index (χ4v) is 4.04. The number of ether oxygens (including phenoxy) is 1. The van der Waals surface area contributed by atoms with Gasteiger partial charge in [-0.1, -0.05) is 38.1 Å². The topological polar surface area (TPSA) is 58.2 Å². The maximum atomic E-state index is 13.4. The Morgan fingerprint density at radius 3 is 2.47 bits per heavy atom. The maximum Gasteiger partial charge on any atom is 0.273 e. The number of hydrogen-bond donors (Lipinski definition) is 1. The lowest BCUT2D eigenvalue weighted by Crippen LogP contribution is -2.31. The van der Waals surface area contributed by atoms with E-state index in [-0.39, 0.29) is 17.8 Å². The number of aromatic nitrogens is 2. The van der Waals surface area contributed by atoms with E-state index in [1.54, 1.807) is 19.2 Å². The summed E-state index contributed by atoms with van der Waals surface area (Å²) in [5, 5.41) is 7.35. The first kappa shape index (κ1) is 20.3. The number of aromatic amines is 1. The van der Waals surface area contributed by atoms with Gasteiger partial charge in [-0.05, 0) is 47.7 Å². The van der Waals surface area contributed by atoms with Crippen LogP contribution in [0.5, 0.6) is 0 Å². The molecule has 1 amide bonds. The SMILES string of the molecule is COCCCN1C(=O)c2[nH]nc(-c3ccc(F)cc3)c2C1c1ccc(C(C)C)cc1. The third-order valence-electron chi connectivity index (χ3n) is 5.65. The third kappa shape index (κ3) is 3.63. The summed E-state index contributed by atoms with van der Waals surface area (Å²) in [6.45, 7) is 5.48. The van der Waals surface area contributed by atoms with Gasteiger partial charge < -0.3 is 9.64 Å². The highest BCUT2D eigenvalue weighted by Crippen LogP contribution is 2.43. The summed E-state index contributed by atoms with van der Waals surface area (Å²) >= 11 is 0. The van der Waals surface area contributed by atoms with E-state index in [9.17, 15) is 9.18 Å². The number of nitrogens with one attached hydrogen (secondary N) is 1. The Hall–Kier alpha value is -2.99. The fourth-order valence-electron chi connectivity index (χ4n) is 4.04. The lowest BCUT2D eigenvalue weighted by Gasteiger charge is -2.26. The maximum absolute atomic E-state index is 13.4. The van der Waals surface area contributed by atoms with Gasteiger partial charge in [-0.15, -0.1) is 0 Å². The number of benzene rings is 2. The van der Waals surface area contributed by atoms with Crippen LogP contribution in [0.1, 0.15) is 59.4 Å². The Morgan fingerprint density at radius 2 is 1.83 bits per heavy atom. The number of fused-ring (bicyclic) bond motifs is 1. The lowest BCUT2D eigenvalue weighted by atomic mass is 9.93. The summed E-state index contributed by atoms with van der Waals surface area (Å²) in [6.07, 6.45) is 0.742. The van der Waals surface area contributed by atoms with Crippen molar-refractivity contribution in [3.63, 3.8) is 0 Å².